The van der Waals surface area contributed by atoms with Crippen LogP contribution in [0.25, 0.3) is 0 Å². The van der Waals surface area contributed by atoms with Gasteiger partial charge in [-0.2, -0.15) is 0 Å². The van der Waals surface area contributed by atoms with Gasteiger partial charge in [0.15, 0.2) is 0 Å². The van der Waals surface area contributed by atoms with Gasteiger partial charge in [0.2, 0.25) is 11.1 Å². The zero-order chi connectivity index (χ0) is 13.7. The fourth-order valence-electron chi connectivity index (χ4n) is 1.60. The van der Waals surface area contributed by atoms with E-state index >= 15 is 0 Å². The molecule has 6 heteroatoms. The van der Waals surface area contributed by atoms with E-state index in [2.05, 4.69) is 22.1 Å². The number of nitrogens with zero attached hydrogens (tertiary/aromatic N) is 2. The van der Waals surface area contributed by atoms with Crippen molar-refractivity contribution in [2.24, 2.45) is 5.73 Å². The highest BCUT2D eigenvalue weighted by Crippen LogP contribution is 2.19. The molecule has 0 unspecified atom stereocenters. The van der Waals surface area contributed by atoms with Crippen LogP contribution in [0.2, 0.25) is 0 Å². The molecule has 3 N–H and O–H groups in total. The Hall–Kier alpha value is -1.82. The van der Waals surface area contributed by atoms with Gasteiger partial charge in [-0.25, -0.2) is 4.98 Å². The minimum Gasteiger partial charge on any atom is -0.366 e. The molecule has 0 aliphatic carbocycles. The molecule has 1 aromatic carbocycles. The molecule has 0 saturated carbocycles. The highest BCUT2D eigenvalue weighted by atomic mass is 32.2. The monoisotopic (exact) mass is 276 g/mol. The number of thioether (sulfide) groups is 1. The zero-order valence-electron chi connectivity index (χ0n) is 10.7. The average Bonchev–Trinajstić information content (AvgIpc) is 2.85. The SMILES string of the molecule is CCCc1nc(SCc2ccc(C(N)=O)cc2)n[nH]1. The highest BCUT2D eigenvalue weighted by molar-refractivity contribution is 7.98. The number of rotatable bonds is 6. The van der Waals surface area contributed by atoms with E-state index in [1.54, 1.807) is 23.9 Å². The van der Waals surface area contributed by atoms with Crippen LogP contribution in [-0.4, -0.2) is 21.1 Å². The van der Waals surface area contributed by atoms with Crippen LogP contribution >= 0.6 is 11.8 Å². The molecule has 5 nitrogen and oxygen atoms in total. The van der Waals surface area contributed by atoms with Gasteiger partial charge < -0.3 is 5.73 Å². The molecule has 1 heterocycles. The molecule has 0 fully saturated rings. The van der Waals surface area contributed by atoms with E-state index in [0.717, 1.165) is 35.1 Å². The minimum atomic E-state index is -0.405. The van der Waals surface area contributed by atoms with Gasteiger partial charge in [0.05, 0.1) is 0 Å². The van der Waals surface area contributed by atoms with Crippen LogP contribution in [0.1, 0.15) is 35.1 Å². The zero-order valence-corrected chi connectivity index (χ0v) is 11.5. The molecule has 2 rings (SSSR count). The summed E-state index contributed by atoms with van der Waals surface area (Å²) in [7, 11) is 0. The molecule has 1 aromatic heterocycles. The standard InChI is InChI=1S/C13H16N4OS/c1-2-3-11-15-13(17-16-11)19-8-9-4-6-10(7-5-9)12(14)18/h4-7H,2-3,8H2,1H3,(H2,14,18)(H,15,16,17). The first-order chi connectivity index (χ1) is 9.19. The van der Waals surface area contributed by atoms with E-state index < -0.39 is 5.91 Å². The number of carbonyl (C=O) groups is 1. The van der Waals surface area contributed by atoms with Gasteiger partial charge in [0.25, 0.3) is 0 Å². The van der Waals surface area contributed by atoms with E-state index in [4.69, 9.17) is 5.73 Å². The van der Waals surface area contributed by atoms with Crippen LogP contribution in [0.5, 0.6) is 0 Å². The molecular weight excluding hydrogens is 260 g/mol. The third-order valence-electron chi connectivity index (χ3n) is 2.60. The number of H-pyrrole nitrogens is 1. The molecule has 0 bridgehead atoms. The van der Waals surface area contributed by atoms with Crippen molar-refractivity contribution < 1.29 is 4.79 Å². The molecule has 0 saturated heterocycles. The molecule has 1 amide bonds. The summed E-state index contributed by atoms with van der Waals surface area (Å²) in [5.74, 6) is 1.29. The van der Waals surface area contributed by atoms with Crippen molar-refractivity contribution in [1.82, 2.24) is 15.2 Å². The lowest BCUT2D eigenvalue weighted by Gasteiger charge is -2.00. The van der Waals surface area contributed by atoms with Crippen molar-refractivity contribution in [3.8, 4) is 0 Å². The summed E-state index contributed by atoms with van der Waals surface area (Å²) >= 11 is 1.56. The Balaban J connectivity index is 1.92. The largest absolute Gasteiger partial charge is 0.366 e. The van der Waals surface area contributed by atoms with Gasteiger partial charge >= 0.3 is 0 Å². The lowest BCUT2D eigenvalue weighted by molar-refractivity contribution is 0.100. The second-order valence-corrected chi connectivity index (χ2v) is 5.11. The van der Waals surface area contributed by atoms with Gasteiger partial charge in [-0.15, -0.1) is 5.10 Å². The highest BCUT2D eigenvalue weighted by Gasteiger charge is 2.04. The Bertz CT molecular complexity index is 550. The van der Waals surface area contributed by atoms with Crippen molar-refractivity contribution in [2.75, 3.05) is 0 Å². The fraction of sp³-hybridized carbons (Fsp3) is 0.308. The van der Waals surface area contributed by atoms with Crippen molar-refractivity contribution in [3.63, 3.8) is 0 Å². The minimum absolute atomic E-state index is 0.405. The van der Waals surface area contributed by atoms with Gasteiger partial charge in [0.1, 0.15) is 5.82 Å². The topological polar surface area (TPSA) is 84.7 Å². The van der Waals surface area contributed by atoms with Gasteiger partial charge in [-0.3, -0.25) is 9.89 Å². The first-order valence-corrected chi connectivity index (χ1v) is 7.10. The lowest BCUT2D eigenvalue weighted by Crippen LogP contribution is -2.10. The van der Waals surface area contributed by atoms with Gasteiger partial charge in [-0.05, 0) is 24.1 Å². The van der Waals surface area contributed by atoms with Crippen molar-refractivity contribution in [1.29, 1.82) is 0 Å². The number of nitrogens with two attached hydrogens (primary N) is 1. The summed E-state index contributed by atoms with van der Waals surface area (Å²) < 4.78 is 0. The number of aromatic nitrogens is 3. The van der Waals surface area contributed by atoms with E-state index in [9.17, 15) is 4.79 Å². The first kappa shape index (κ1) is 13.6. The van der Waals surface area contributed by atoms with E-state index in [0.29, 0.717) is 5.56 Å². The lowest BCUT2D eigenvalue weighted by atomic mass is 10.1. The molecular formula is C13H16N4OS. The normalized spacial score (nSPS) is 10.6. The molecule has 0 aliphatic heterocycles. The molecule has 2 aromatic rings. The average molecular weight is 276 g/mol. The van der Waals surface area contributed by atoms with Crippen molar-refractivity contribution in [3.05, 3.63) is 41.2 Å². The Labute approximate surface area is 116 Å². The number of carbonyl (C=O) groups excluding carboxylic acids is 1. The Morgan fingerprint density at radius 2 is 2.11 bits per heavy atom. The first-order valence-electron chi connectivity index (χ1n) is 6.12. The van der Waals surface area contributed by atoms with Gasteiger partial charge in [-0.1, -0.05) is 30.8 Å². The van der Waals surface area contributed by atoms with Crippen LogP contribution < -0.4 is 5.73 Å². The molecule has 19 heavy (non-hydrogen) atoms. The Kier molecular flexibility index (Phi) is 4.57. The van der Waals surface area contributed by atoms with E-state index in [-0.39, 0.29) is 0 Å². The number of benzene rings is 1. The molecule has 0 atom stereocenters. The molecule has 0 spiro atoms. The van der Waals surface area contributed by atoms with Crippen LogP contribution in [0.4, 0.5) is 0 Å². The molecule has 0 aliphatic rings. The Morgan fingerprint density at radius 3 is 2.74 bits per heavy atom. The van der Waals surface area contributed by atoms with Gasteiger partial charge in [0, 0.05) is 17.7 Å². The number of amides is 1. The summed E-state index contributed by atoms with van der Waals surface area (Å²) in [6.07, 6.45) is 1.97. The predicted molar refractivity (Wildman–Crippen MR) is 74.9 cm³/mol. The quantitative estimate of drug-likeness (QED) is 0.792. The summed E-state index contributed by atoms with van der Waals surface area (Å²) in [6, 6.07) is 7.26. The smallest absolute Gasteiger partial charge is 0.248 e. The number of hydrogen-bond donors (Lipinski definition) is 2. The van der Waals surface area contributed by atoms with Crippen LogP contribution in [0, 0.1) is 0 Å². The summed E-state index contributed by atoms with van der Waals surface area (Å²) in [5, 5.41) is 7.82. The number of hydrogen-bond acceptors (Lipinski definition) is 4. The number of aromatic amines is 1. The van der Waals surface area contributed by atoms with Crippen LogP contribution in [0.15, 0.2) is 29.4 Å². The number of aryl methyl sites for hydroxylation is 1. The molecule has 100 valence electrons. The third-order valence-corrected chi connectivity index (χ3v) is 3.52. The maximum Gasteiger partial charge on any atom is 0.248 e. The van der Waals surface area contributed by atoms with Crippen LogP contribution in [-0.2, 0) is 12.2 Å². The molecule has 0 radical (unpaired) electrons. The van der Waals surface area contributed by atoms with E-state index in [1.165, 1.54) is 0 Å². The second kappa shape index (κ2) is 6.38. The van der Waals surface area contributed by atoms with Crippen molar-refractivity contribution >= 4 is 17.7 Å². The predicted octanol–water partition coefficient (Wildman–Crippen LogP) is 2.15. The summed E-state index contributed by atoms with van der Waals surface area (Å²) in [5.41, 5.74) is 6.82. The number of nitrogens with one attached hydrogen (secondary N) is 1. The maximum atomic E-state index is 10.9. The third kappa shape index (κ3) is 3.82. The van der Waals surface area contributed by atoms with E-state index in [1.807, 2.05) is 12.1 Å². The van der Waals surface area contributed by atoms with Crippen molar-refractivity contribution in [2.45, 2.75) is 30.7 Å². The Morgan fingerprint density at radius 1 is 1.37 bits per heavy atom. The summed E-state index contributed by atoms with van der Waals surface area (Å²) in [4.78, 5) is 15.3. The second-order valence-electron chi connectivity index (χ2n) is 4.16. The maximum absolute atomic E-state index is 10.9. The summed E-state index contributed by atoms with van der Waals surface area (Å²) in [6.45, 7) is 2.11. The fourth-order valence-corrected chi connectivity index (χ4v) is 2.38. The van der Waals surface area contributed by atoms with Crippen LogP contribution in [0.3, 0.4) is 0 Å². The number of primary amides is 1.